The maximum Gasteiger partial charge on any atom is 0.223 e. The number of hydrogen-bond acceptors (Lipinski definition) is 3. The molecule has 0 spiro atoms. The summed E-state index contributed by atoms with van der Waals surface area (Å²) in [5.41, 5.74) is 2.17. The number of aromatic nitrogens is 2. The Balaban J connectivity index is 1.33. The molecular formula is C20H21N3OS. The maximum atomic E-state index is 12.5. The van der Waals surface area contributed by atoms with Crippen molar-refractivity contribution in [3.8, 4) is 0 Å². The number of fused-ring (bicyclic) bond motifs is 1. The third-order valence-electron chi connectivity index (χ3n) is 4.72. The van der Waals surface area contributed by atoms with E-state index in [9.17, 15) is 4.79 Å². The maximum absolute atomic E-state index is 12.5. The zero-order chi connectivity index (χ0) is 17.1. The lowest BCUT2D eigenvalue weighted by Crippen LogP contribution is -2.29. The van der Waals surface area contributed by atoms with E-state index in [0.29, 0.717) is 12.5 Å². The fraction of sp³-hybridized carbons (Fsp3) is 0.300. The molecule has 0 saturated carbocycles. The van der Waals surface area contributed by atoms with E-state index in [1.54, 1.807) is 11.8 Å². The lowest BCUT2D eigenvalue weighted by Gasteiger charge is -2.17. The summed E-state index contributed by atoms with van der Waals surface area (Å²) in [6.07, 6.45) is 3.50. The first kappa shape index (κ1) is 16.2. The third kappa shape index (κ3) is 3.56. The van der Waals surface area contributed by atoms with Gasteiger partial charge in [-0.05, 0) is 30.7 Å². The first-order valence-corrected chi connectivity index (χ1v) is 9.67. The van der Waals surface area contributed by atoms with Crippen molar-refractivity contribution in [2.75, 3.05) is 18.8 Å². The number of para-hydroxylation sites is 2. The van der Waals surface area contributed by atoms with Gasteiger partial charge in [0.2, 0.25) is 5.91 Å². The summed E-state index contributed by atoms with van der Waals surface area (Å²) < 4.78 is 2.22. The summed E-state index contributed by atoms with van der Waals surface area (Å²) >= 11 is 1.75. The van der Waals surface area contributed by atoms with Gasteiger partial charge in [-0.15, -0.1) is 11.8 Å². The van der Waals surface area contributed by atoms with Crippen LogP contribution in [0.2, 0.25) is 0 Å². The van der Waals surface area contributed by atoms with Crippen molar-refractivity contribution in [2.24, 2.45) is 0 Å². The Bertz CT molecular complexity index is 862. The predicted molar refractivity (Wildman–Crippen MR) is 102 cm³/mol. The molecule has 1 fully saturated rings. The molecule has 1 aromatic heterocycles. The van der Waals surface area contributed by atoms with Crippen LogP contribution in [-0.2, 0) is 4.79 Å². The molecule has 2 heterocycles. The summed E-state index contributed by atoms with van der Waals surface area (Å²) in [5, 5.41) is 0. The van der Waals surface area contributed by atoms with E-state index in [1.165, 1.54) is 4.90 Å². The third-order valence-corrected chi connectivity index (χ3v) is 5.73. The van der Waals surface area contributed by atoms with Crippen molar-refractivity contribution < 1.29 is 4.79 Å². The molecule has 4 nitrogen and oxygen atoms in total. The molecule has 1 aliphatic heterocycles. The van der Waals surface area contributed by atoms with Crippen LogP contribution >= 0.6 is 11.8 Å². The fourth-order valence-electron chi connectivity index (χ4n) is 3.40. The molecule has 1 aliphatic rings. The van der Waals surface area contributed by atoms with E-state index in [2.05, 4.69) is 27.8 Å². The highest BCUT2D eigenvalue weighted by molar-refractivity contribution is 7.99. The van der Waals surface area contributed by atoms with Gasteiger partial charge in [-0.25, -0.2) is 4.98 Å². The number of carbonyl (C=O) groups excluding carboxylic acids is 1. The van der Waals surface area contributed by atoms with Gasteiger partial charge in [-0.2, -0.15) is 0 Å². The SMILES string of the molecule is O=C(CCSc1ccccc1)N1CC[C@H](n2cnc3ccccc32)C1. The zero-order valence-corrected chi connectivity index (χ0v) is 14.9. The van der Waals surface area contributed by atoms with E-state index in [4.69, 9.17) is 0 Å². The van der Waals surface area contributed by atoms with Gasteiger partial charge in [0.15, 0.2) is 0 Å². The molecule has 3 aromatic rings. The number of likely N-dealkylation sites (tertiary alicyclic amines) is 1. The second-order valence-corrected chi connectivity index (χ2v) is 7.50. The van der Waals surface area contributed by atoms with Crippen molar-refractivity contribution in [2.45, 2.75) is 23.8 Å². The van der Waals surface area contributed by atoms with Gasteiger partial charge in [0, 0.05) is 30.2 Å². The average Bonchev–Trinajstić information content (AvgIpc) is 3.29. The Morgan fingerprint density at radius 2 is 1.92 bits per heavy atom. The molecular weight excluding hydrogens is 330 g/mol. The van der Waals surface area contributed by atoms with E-state index >= 15 is 0 Å². The summed E-state index contributed by atoms with van der Waals surface area (Å²) in [5.74, 6) is 1.09. The van der Waals surface area contributed by atoms with Crippen LogP contribution in [0.4, 0.5) is 0 Å². The normalized spacial score (nSPS) is 17.3. The number of hydrogen-bond donors (Lipinski definition) is 0. The molecule has 1 atom stereocenters. The van der Waals surface area contributed by atoms with E-state index in [0.717, 1.165) is 36.3 Å². The Morgan fingerprint density at radius 3 is 2.80 bits per heavy atom. The summed E-state index contributed by atoms with van der Waals surface area (Å²) in [7, 11) is 0. The Kier molecular flexibility index (Phi) is 4.74. The van der Waals surface area contributed by atoms with E-state index < -0.39 is 0 Å². The standard InChI is InChI=1S/C20H21N3OS/c24-20(11-13-25-17-6-2-1-3-7-17)22-12-10-16(14-22)23-15-21-18-8-4-5-9-19(18)23/h1-9,15-16H,10-14H2/t16-/m0/s1. The second kappa shape index (κ2) is 7.31. The van der Waals surface area contributed by atoms with Crippen LogP contribution in [0.25, 0.3) is 11.0 Å². The molecule has 0 unspecified atom stereocenters. The fourth-order valence-corrected chi connectivity index (χ4v) is 4.26. The molecule has 0 aliphatic carbocycles. The first-order valence-electron chi connectivity index (χ1n) is 8.68. The number of thioether (sulfide) groups is 1. The minimum atomic E-state index is 0.260. The van der Waals surface area contributed by atoms with Gasteiger partial charge in [0.1, 0.15) is 0 Å². The number of rotatable bonds is 5. The molecule has 0 bridgehead atoms. The lowest BCUT2D eigenvalue weighted by molar-refractivity contribution is -0.129. The summed E-state index contributed by atoms with van der Waals surface area (Å²) in [4.78, 5) is 20.2. The first-order chi connectivity index (χ1) is 12.3. The van der Waals surface area contributed by atoms with Crippen LogP contribution in [0.1, 0.15) is 18.9 Å². The molecule has 0 N–H and O–H groups in total. The minimum Gasteiger partial charge on any atom is -0.341 e. The summed E-state index contributed by atoms with van der Waals surface area (Å²) in [6.45, 7) is 1.63. The largest absolute Gasteiger partial charge is 0.341 e. The number of imidazole rings is 1. The highest BCUT2D eigenvalue weighted by Gasteiger charge is 2.27. The Labute approximate surface area is 151 Å². The van der Waals surface area contributed by atoms with Gasteiger partial charge in [0.05, 0.1) is 23.4 Å². The molecule has 128 valence electrons. The molecule has 1 saturated heterocycles. The van der Waals surface area contributed by atoms with Gasteiger partial charge in [-0.3, -0.25) is 4.79 Å². The van der Waals surface area contributed by atoms with Crippen LogP contribution in [0, 0.1) is 0 Å². The number of amides is 1. The van der Waals surface area contributed by atoms with Crippen molar-refractivity contribution in [1.82, 2.24) is 14.5 Å². The number of benzene rings is 2. The zero-order valence-electron chi connectivity index (χ0n) is 14.0. The molecule has 5 heteroatoms. The molecule has 4 rings (SSSR count). The van der Waals surface area contributed by atoms with Crippen molar-refractivity contribution in [3.05, 3.63) is 60.9 Å². The molecule has 25 heavy (non-hydrogen) atoms. The molecule has 2 aromatic carbocycles. The predicted octanol–water partition coefficient (Wildman–Crippen LogP) is 3.99. The quantitative estimate of drug-likeness (QED) is 0.652. The number of carbonyl (C=O) groups is 1. The van der Waals surface area contributed by atoms with Gasteiger partial charge in [-0.1, -0.05) is 30.3 Å². The molecule has 0 radical (unpaired) electrons. The van der Waals surface area contributed by atoms with Crippen LogP contribution < -0.4 is 0 Å². The van der Waals surface area contributed by atoms with Crippen LogP contribution in [0.15, 0.2) is 65.8 Å². The monoisotopic (exact) mass is 351 g/mol. The van der Waals surface area contributed by atoms with E-state index in [-0.39, 0.29) is 5.91 Å². The highest BCUT2D eigenvalue weighted by Crippen LogP contribution is 2.26. The topological polar surface area (TPSA) is 38.1 Å². The van der Waals surface area contributed by atoms with Crippen LogP contribution in [0.3, 0.4) is 0 Å². The van der Waals surface area contributed by atoms with Gasteiger partial charge >= 0.3 is 0 Å². The average molecular weight is 351 g/mol. The van der Waals surface area contributed by atoms with Crippen molar-refractivity contribution in [1.29, 1.82) is 0 Å². The van der Waals surface area contributed by atoms with E-state index in [1.807, 2.05) is 47.6 Å². The van der Waals surface area contributed by atoms with Crippen molar-refractivity contribution >= 4 is 28.7 Å². The van der Waals surface area contributed by atoms with Gasteiger partial charge < -0.3 is 9.47 Å². The summed E-state index contributed by atoms with van der Waals surface area (Å²) in [6, 6.07) is 18.8. The lowest BCUT2D eigenvalue weighted by atomic mass is 10.2. The number of nitrogens with zero attached hydrogens (tertiary/aromatic N) is 3. The smallest absolute Gasteiger partial charge is 0.223 e. The second-order valence-electron chi connectivity index (χ2n) is 6.33. The van der Waals surface area contributed by atoms with Crippen LogP contribution in [0.5, 0.6) is 0 Å². The highest BCUT2D eigenvalue weighted by atomic mass is 32.2. The van der Waals surface area contributed by atoms with Gasteiger partial charge in [0.25, 0.3) is 0 Å². The van der Waals surface area contributed by atoms with Crippen LogP contribution in [-0.4, -0.2) is 39.2 Å². The Hall–Kier alpha value is -2.27. The Morgan fingerprint density at radius 1 is 1.12 bits per heavy atom. The van der Waals surface area contributed by atoms with Crippen molar-refractivity contribution in [3.63, 3.8) is 0 Å². The molecule has 1 amide bonds. The minimum absolute atomic E-state index is 0.260.